The molecule has 1 aliphatic carbocycles. The number of rotatable bonds is 4. The normalized spacial score (nSPS) is 19.4. The molecule has 0 spiro atoms. The summed E-state index contributed by atoms with van der Waals surface area (Å²) < 4.78 is 15.5. The molecule has 5 aromatic heterocycles. The highest BCUT2D eigenvalue weighted by Gasteiger charge is 2.48. The van der Waals surface area contributed by atoms with Crippen molar-refractivity contribution in [3.8, 4) is 5.82 Å². The van der Waals surface area contributed by atoms with Gasteiger partial charge >= 0.3 is 0 Å². The Kier molecular flexibility index (Phi) is 4.67. The second-order valence-electron chi connectivity index (χ2n) is 8.09. The van der Waals surface area contributed by atoms with E-state index in [0.717, 1.165) is 10.6 Å². The zero-order chi connectivity index (χ0) is 23.4. The summed E-state index contributed by atoms with van der Waals surface area (Å²) in [5.74, 6) is -1.10. The van der Waals surface area contributed by atoms with Gasteiger partial charge in [-0.2, -0.15) is 14.6 Å². The molecule has 34 heavy (non-hydrogen) atoms. The van der Waals surface area contributed by atoms with Crippen molar-refractivity contribution in [2.75, 3.05) is 5.32 Å². The topological polar surface area (TPSA) is 116 Å². The van der Waals surface area contributed by atoms with E-state index in [1.807, 2.05) is 6.92 Å². The number of aromatic nitrogens is 8. The third kappa shape index (κ3) is 3.17. The number of thiazole rings is 1. The van der Waals surface area contributed by atoms with Crippen molar-refractivity contribution in [1.29, 1.82) is 0 Å². The van der Waals surface area contributed by atoms with Crippen LogP contribution in [0, 0.1) is 5.95 Å². The van der Waals surface area contributed by atoms with Crippen molar-refractivity contribution < 1.29 is 9.18 Å². The Morgan fingerprint density at radius 3 is 2.79 bits per heavy atom. The molecule has 5 heterocycles. The molecular formula is C21H15ClFN9OS. The number of nitrogens with zero attached hydrogens (tertiary/aromatic N) is 8. The second-order valence-corrected chi connectivity index (χ2v) is 9.38. The van der Waals surface area contributed by atoms with Gasteiger partial charge in [0.2, 0.25) is 11.9 Å². The first kappa shape index (κ1) is 20.8. The average molecular weight is 496 g/mol. The highest BCUT2D eigenvalue weighted by molar-refractivity contribution is 7.09. The summed E-state index contributed by atoms with van der Waals surface area (Å²) in [6, 6.07) is 2.86. The van der Waals surface area contributed by atoms with Crippen LogP contribution in [0.4, 0.5) is 10.1 Å². The largest absolute Gasteiger partial charge is 0.324 e. The maximum atomic E-state index is 14.0. The molecule has 0 saturated heterocycles. The molecule has 0 aromatic carbocycles. The molecule has 0 bridgehead atoms. The number of hydrogen-bond acceptors (Lipinski definition) is 8. The number of halogens is 2. The van der Waals surface area contributed by atoms with Crippen LogP contribution in [0.15, 0.2) is 48.6 Å². The van der Waals surface area contributed by atoms with Gasteiger partial charge in [-0.15, -0.1) is 21.2 Å². The number of anilines is 1. The molecule has 0 aliphatic heterocycles. The van der Waals surface area contributed by atoms with Gasteiger partial charge in [0, 0.05) is 34.3 Å². The fourth-order valence-electron chi connectivity index (χ4n) is 4.48. The van der Waals surface area contributed by atoms with Crippen molar-refractivity contribution in [1.82, 2.24) is 39.6 Å². The Hall–Kier alpha value is -3.77. The summed E-state index contributed by atoms with van der Waals surface area (Å²) in [6.07, 6.45) is 8.36. The van der Waals surface area contributed by atoms with Gasteiger partial charge in [0.25, 0.3) is 0 Å². The van der Waals surface area contributed by atoms with Crippen LogP contribution < -0.4 is 5.32 Å². The smallest absolute Gasteiger partial charge is 0.235 e. The van der Waals surface area contributed by atoms with Crippen LogP contribution in [0.2, 0.25) is 5.02 Å². The predicted octanol–water partition coefficient (Wildman–Crippen LogP) is 3.39. The summed E-state index contributed by atoms with van der Waals surface area (Å²) in [5, 5.41) is 15.2. The van der Waals surface area contributed by atoms with Crippen molar-refractivity contribution in [3.05, 3.63) is 75.7 Å². The van der Waals surface area contributed by atoms with E-state index in [2.05, 4.69) is 35.6 Å². The molecule has 0 fully saturated rings. The van der Waals surface area contributed by atoms with Crippen LogP contribution >= 0.6 is 22.9 Å². The zero-order valence-corrected chi connectivity index (χ0v) is 19.1. The van der Waals surface area contributed by atoms with E-state index in [9.17, 15) is 9.18 Å². The maximum Gasteiger partial charge on any atom is 0.235 e. The number of carbonyl (C=O) groups excluding carboxylic acids is 1. The quantitative estimate of drug-likeness (QED) is 0.406. The van der Waals surface area contributed by atoms with Crippen LogP contribution in [0.25, 0.3) is 11.5 Å². The average Bonchev–Trinajstić information content (AvgIpc) is 3.60. The lowest BCUT2D eigenvalue weighted by Gasteiger charge is -2.24. The fourth-order valence-corrected chi connectivity index (χ4v) is 5.52. The molecule has 1 N–H and O–H groups in total. The third-order valence-electron chi connectivity index (χ3n) is 5.98. The molecule has 0 radical (unpaired) electrons. The number of pyridine rings is 1. The molecular weight excluding hydrogens is 481 g/mol. The monoisotopic (exact) mass is 495 g/mol. The SMILES string of the molecule is C[C@@]1(c2cncs2)C[C@@H](C(=O)Nc2cnc(-n3nccn3)c(Cl)c2)c2cnc3cc(F)nn3c21. The number of fused-ring (bicyclic) bond motifs is 3. The van der Waals surface area contributed by atoms with E-state index in [1.165, 1.54) is 45.3 Å². The first-order valence-corrected chi connectivity index (χ1v) is 11.5. The van der Waals surface area contributed by atoms with Gasteiger partial charge in [-0.3, -0.25) is 9.78 Å². The van der Waals surface area contributed by atoms with E-state index >= 15 is 0 Å². The van der Waals surface area contributed by atoms with E-state index in [0.29, 0.717) is 29.1 Å². The first-order chi connectivity index (χ1) is 16.4. The first-order valence-electron chi connectivity index (χ1n) is 10.2. The van der Waals surface area contributed by atoms with Gasteiger partial charge in [0.1, 0.15) is 0 Å². The predicted molar refractivity (Wildman–Crippen MR) is 122 cm³/mol. The molecule has 2 atom stereocenters. The number of hydrogen-bond donors (Lipinski definition) is 1. The van der Waals surface area contributed by atoms with E-state index < -0.39 is 17.3 Å². The van der Waals surface area contributed by atoms with Gasteiger partial charge in [-0.25, -0.2) is 14.5 Å². The summed E-state index contributed by atoms with van der Waals surface area (Å²) in [7, 11) is 0. The van der Waals surface area contributed by atoms with E-state index in [4.69, 9.17) is 11.6 Å². The summed E-state index contributed by atoms with van der Waals surface area (Å²) >= 11 is 7.83. The Morgan fingerprint density at radius 1 is 1.24 bits per heavy atom. The minimum atomic E-state index is -0.632. The highest BCUT2D eigenvalue weighted by atomic mass is 35.5. The van der Waals surface area contributed by atoms with Gasteiger partial charge in [-0.1, -0.05) is 11.6 Å². The Bertz CT molecular complexity index is 1540. The van der Waals surface area contributed by atoms with Crippen LogP contribution in [-0.4, -0.2) is 45.5 Å². The molecule has 1 aliphatic rings. The van der Waals surface area contributed by atoms with Gasteiger partial charge in [-0.05, 0) is 19.4 Å². The summed E-state index contributed by atoms with van der Waals surface area (Å²) in [6.45, 7) is 2.01. The van der Waals surface area contributed by atoms with Crippen LogP contribution in [-0.2, 0) is 10.2 Å². The number of carbonyl (C=O) groups is 1. The molecule has 170 valence electrons. The molecule has 0 saturated carbocycles. The lowest BCUT2D eigenvalue weighted by atomic mass is 9.85. The molecule has 10 nitrogen and oxygen atoms in total. The zero-order valence-electron chi connectivity index (χ0n) is 17.6. The van der Waals surface area contributed by atoms with Crippen molar-refractivity contribution in [2.45, 2.75) is 24.7 Å². The highest BCUT2D eigenvalue weighted by Crippen LogP contribution is 2.50. The van der Waals surface area contributed by atoms with Crippen molar-refractivity contribution in [2.24, 2.45) is 0 Å². The van der Waals surface area contributed by atoms with Crippen molar-refractivity contribution in [3.63, 3.8) is 0 Å². The van der Waals surface area contributed by atoms with E-state index in [-0.39, 0.29) is 10.9 Å². The fraction of sp³-hybridized carbons (Fsp3) is 0.190. The Balaban J connectivity index is 1.38. The Labute approximate surface area is 200 Å². The summed E-state index contributed by atoms with van der Waals surface area (Å²) in [5.41, 5.74) is 3.34. The number of amides is 1. The third-order valence-corrected chi connectivity index (χ3v) is 7.30. The molecule has 13 heteroatoms. The molecule has 5 aromatic rings. The Morgan fingerprint density at radius 2 is 2.06 bits per heavy atom. The summed E-state index contributed by atoms with van der Waals surface area (Å²) in [4.78, 5) is 28.5. The molecule has 0 unspecified atom stereocenters. The lowest BCUT2D eigenvalue weighted by Crippen LogP contribution is -2.24. The van der Waals surface area contributed by atoms with Gasteiger partial charge in [0.05, 0.1) is 46.4 Å². The van der Waals surface area contributed by atoms with Crippen LogP contribution in [0.1, 0.15) is 35.4 Å². The van der Waals surface area contributed by atoms with Crippen molar-refractivity contribution >= 4 is 40.2 Å². The maximum absolute atomic E-state index is 14.0. The van der Waals surface area contributed by atoms with Crippen LogP contribution in [0.3, 0.4) is 0 Å². The minimum absolute atomic E-state index is 0.258. The standard InChI is InChI=1S/C21H15ClFN9OS/c1-21(15-9-24-10-34-15)6-12(13-8-25-17-5-16(23)30-31(17)18(13)21)20(33)29-11-4-14(22)19(26-7-11)32-27-2-3-28-32/h2-5,7-10,12H,6H2,1H3,(H,29,33)/t12-,21+/m1/s1. The number of nitrogens with one attached hydrogen (secondary N) is 1. The van der Waals surface area contributed by atoms with Crippen LogP contribution in [0.5, 0.6) is 0 Å². The van der Waals surface area contributed by atoms with E-state index in [1.54, 1.807) is 24.0 Å². The molecule has 6 rings (SSSR count). The minimum Gasteiger partial charge on any atom is -0.324 e. The van der Waals surface area contributed by atoms with Gasteiger partial charge < -0.3 is 5.32 Å². The van der Waals surface area contributed by atoms with Gasteiger partial charge in [0.15, 0.2) is 11.5 Å². The lowest BCUT2D eigenvalue weighted by molar-refractivity contribution is -0.117. The second kappa shape index (κ2) is 7.64. The molecule has 1 amide bonds.